The lowest BCUT2D eigenvalue weighted by Crippen LogP contribution is -2.28. The molecule has 0 aromatic rings. The molecule has 1 saturated carbocycles. The summed E-state index contributed by atoms with van der Waals surface area (Å²) >= 11 is 0. The Labute approximate surface area is 93.1 Å². The maximum atomic E-state index is 6.05. The smallest absolute Gasteiger partial charge is 0.182 e. The zero-order chi connectivity index (χ0) is 10.9. The molecule has 0 radical (unpaired) electrons. The summed E-state index contributed by atoms with van der Waals surface area (Å²) in [7, 11) is -0.282. The van der Waals surface area contributed by atoms with E-state index in [-0.39, 0.29) is 12.2 Å². The molecule has 1 aliphatic heterocycles. The van der Waals surface area contributed by atoms with Crippen molar-refractivity contribution < 1.29 is 13.6 Å². The molecule has 88 valence electrons. The summed E-state index contributed by atoms with van der Waals surface area (Å²) < 4.78 is 17.4. The quantitative estimate of drug-likeness (QED) is 0.684. The van der Waals surface area contributed by atoms with Crippen molar-refractivity contribution in [2.24, 2.45) is 5.92 Å². The van der Waals surface area contributed by atoms with Crippen LogP contribution in [0.5, 0.6) is 0 Å². The second-order valence-electron chi connectivity index (χ2n) is 4.62. The van der Waals surface area contributed by atoms with E-state index in [4.69, 9.17) is 13.6 Å². The highest BCUT2D eigenvalue weighted by atomic mass is 31.2. The lowest BCUT2D eigenvalue weighted by molar-refractivity contribution is 0.0994. The van der Waals surface area contributed by atoms with Gasteiger partial charge in [-0.15, -0.1) is 0 Å². The van der Waals surface area contributed by atoms with Crippen molar-refractivity contribution in [2.75, 3.05) is 13.8 Å². The Kier molecular flexibility index (Phi) is 3.67. The third-order valence-corrected chi connectivity index (χ3v) is 5.58. The van der Waals surface area contributed by atoms with E-state index in [2.05, 4.69) is 6.92 Å². The van der Waals surface area contributed by atoms with Crippen LogP contribution in [0, 0.1) is 5.92 Å². The zero-order valence-electron chi connectivity index (χ0n) is 9.94. The summed E-state index contributed by atoms with van der Waals surface area (Å²) in [5.41, 5.74) is 0. The molecule has 1 saturated heterocycles. The van der Waals surface area contributed by atoms with Crippen LogP contribution in [0.15, 0.2) is 0 Å². The Morgan fingerprint density at radius 2 is 2.00 bits per heavy atom. The molecule has 0 bridgehead atoms. The molecule has 0 aromatic carbocycles. The molecule has 4 atom stereocenters. The number of hydrogen-bond acceptors (Lipinski definition) is 3. The normalized spacial score (nSPS) is 46.2. The van der Waals surface area contributed by atoms with Crippen LogP contribution in [-0.4, -0.2) is 26.0 Å². The van der Waals surface area contributed by atoms with Crippen LogP contribution in [0.2, 0.25) is 0 Å². The minimum absolute atomic E-state index is 0.288. The van der Waals surface area contributed by atoms with Gasteiger partial charge >= 0.3 is 7.94 Å². The van der Waals surface area contributed by atoms with Crippen LogP contribution in [0.4, 0.5) is 0 Å². The van der Waals surface area contributed by atoms with E-state index in [0.29, 0.717) is 5.92 Å². The van der Waals surface area contributed by atoms with Crippen LogP contribution in [-0.2, 0) is 13.6 Å². The summed E-state index contributed by atoms with van der Waals surface area (Å²) in [5.74, 6) is 0.662. The van der Waals surface area contributed by atoms with E-state index < -0.39 is 7.94 Å². The predicted molar refractivity (Wildman–Crippen MR) is 61.8 cm³/mol. The monoisotopic (exact) mass is 233 g/mol. The van der Waals surface area contributed by atoms with Gasteiger partial charge in [0, 0.05) is 0 Å². The molecule has 2 rings (SSSR count). The van der Waals surface area contributed by atoms with Crippen LogP contribution >= 0.6 is 7.94 Å². The third-order valence-electron chi connectivity index (χ3n) is 3.64. The van der Waals surface area contributed by atoms with Crippen molar-refractivity contribution in [1.29, 1.82) is 0 Å². The topological polar surface area (TPSA) is 27.7 Å². The van der Waals surface area contributed by atoms with Crippen molar-refractivity contribution in [2.45, 2.75) is 51.2 Å². The maximum Gasteiger partial charge on any atom is 0.408 e. The van der Waals surface area contributed by atoms with Crippen LogP contribution in [0.25, 0.3) is 0 Å². The Balaban J connectivity index is 2.09. The number of rotatable bonds is 2. The Bertz CT molecular complexity index is 224. The predicted octanol–water partition coefficient (Wildman–Crippen LogP) is 3.41. The second kappa shape index (κ2) is 4.67. The first kappa shape index (κ1) is 11.8. The average Bonchev–Trinajstić information content (AvgIpc) is 2.47. The van der Waals surface area contributed by atoms with E-state index in [1.165, 1.54) is 25.7 Å². The van der Waals surface area contributed by atoms with Gasteiger partial charge in [-0.2, -0.15) is 13.6 Å². The van der Waals surface area contributed by atoms with Gasteiger partial charge in [0.1, 0.15) is 18.9 Å². The van der Waals surface area contributed by atoms with E-state index in [0.717, 1.165) is 6.42 Å². The summed E-state index contributed by atoms with van der Waals surface area (Å²) in [6, 6.07) is 0. The first-order valence-electron chi connectivity index (χ1n) is 5.97. The first-order valence-corrected chi connectivity index (χ1v) is 7.96. The molecule has 2 fully saturated rings. The first-order chi connectivity index (χ1) is 7.18. The van der Waals surface area contributed by atoms with Gasteiger partial charge in [0.2, 0.25) is 0 Å². The highest BCUT2D eigenvalue weighted by Gasteiger charge is 2.56. The molecule has 15 heavy (non-hydrogen) atoms. The highest BCUT2D eigenvalue weighted by Crippen LogP contribution is 2.66. The molecule has 0 amide bonds. The summed E-state index contributed by atoms with van der Waals surface area (Å²) in [6.45, 7) is 4.23. The van der Waals surface area contributed by atoms with Crippen LogP contribution < -0.4 is 0 Å². The standard InChI is InChI=1S/C11H22O3P/c1-4-9-7-5-6-8-10-11(9)14-15(3,12-2)13-10/h9-11H,4-8H2,1-3H3/q+1. The van der Waals surface area contributed by atoms with Gasteiger partial charge in [0.15, 0.2) is 0 Å². The highest BCUT2D eigenvalue weighted by molar-refractivity contribution is 7.61. The second-order valence-corrected chi connectivity index (χ2v) is 6.95. The van der Waals surface area contributed by atoms with Crippen LogP contribution in [0.3, 0.4) is 0 Å². The Hall–Kier alpha value is 0.310. The summed E-state index contributed by atoms with van der Waals surface area (Å²) in [6.07, 6.45) is 6.77. The Morgan fingerprint density at radius 1 is 1.27 bits per heavy atom. The zero-order valence-corrected chi connectivity index (χ0v) is 10.8. The SMILES string of the molecule is CCC1CCCCC2O[P+](C)(OC)OC12. The van der Waals surface area contributed by atoms with E-state index in [1.54, 1.807) is 7.11 Å². The van der Waals surface area contributed by atoms with Crippen molar-refractivity contribution in [3.8, 4) is 0 Å². The van der Waals surface area contributed by atoms with Crippen molar-refractivity contribution in [3.05, 3.63) is 0 Å². The fraction of sp³-hybridized carbons (Fsp3) is 1.00. The minimum atomic E-state index is -1.98. The number of fused-ring (bicyclic) bond motifs is 1. The van der Waals surface area contributed by atoms with Gasteiger partial charge in [-0.05, 0) is 18.8 Å². The minimum Gasteiger partial charge on any atom is -0.182 e. The van der Waals surface area contributed by atoms with Gasteiger partial charge in [-0.25, -0.2) is 0 Å². The summed E-state index contributed by atoms with van der Waals surface area (Å²) in [5, 5.41) is 0. The van der Waals surface area contributed by atoms with E-state index in [1.807, 2.05) is 6.66 Å². The molecule has 1 heterocycles. The molecular weight excluding hydrogens is 211 g/mol. The molecule has 4 unspecified atom stereocenters. The molecule has 1 aliphatic carbocycles. The molecule has 0 N–H and O–H groups in total. The fourth-order valence-electron chi connectivity index (χ4n) is 2.67. The third kappa shape index (κ3) is 2.36. The molecule has 3 nitrogen and oxygen atoms in total. The molecule has 0 aromatic heterocycles. The average molecular weight is 233 g/mol. The van der Waals surface area contributed by atoms with Crippen LogP contribution in [0.1, 0.15) is 39.0 Å². The molecule has 0 spiro atoms. The fourth-order valence-corrected chi connectivity index (χ4v) is 4.35. The van der Waals surface area contributed by atoms with Gasteiger partial charge < -0.3 is 0 Å². The molecule has 2 aliphatic rings. The Morgan fingerprint density at radius 3 is 2.67 bits per heavy atom. The largest absolute Gasteiger partial charge is 0.408 e. The van der Waals surface area contributed by atoms with Gasteiger partial charge in [-0.3, -0.25) is 0 Å². The lowest BCUT2D eigenvalue weighted by atomic mass is 9.93. The molecule has 4 heteroatoms. The van der Waals surface area contributed by atoms with E-state index >= 15 is 0 Å². The number of hydrogen-bond donors (Lipinski definition) is 0. The molecular formula is C11H22O3P+. The van der Waals surface area contributed by atoms with E-state index in [9.17, 15) is 0 Å². The van der Waals surface area contributed by atoms with Crippen molar-refractivity contribution >= 4 is 7.94 Å². The maximum absolute atomic E-state index is 6.05. The van der Waals surface area contributed by atoms with Gasteiger partial charge in [0.05, 0.1) is 7.11 Å². The van der Waals surface area contributed by atoms with Crippen molar-refractivity contribution in [1.82, 2.24) is 0 Å². The lowest BCUT2D eigenvalue weighted by Gasteiger charge is -2.18. The van der Waals surface area contributed by atoms with Gasteiger partial charge in [-0.1, -0.05) is 26.2 Å². The van der Waals surface area contributed by atoms with Gasteiger partial charge in [0.25, 0.3) is 0 Å². The van der Waals surface area contributed by atoms with Crippen molar-refractivity contribution in [3.63, 3.8) is 0 Å². The summed E-state index contributed by atoms with van der Waals surface area (Å²) in [4.78, 5) is 0.